The van der Waals surface area contributed by atoms with E-state index in [9.17, 15) is 9.59 Å². The number of rotatable bonds is 7. The second-order valence-corrected chi connectivity index (χ2v) is 5.64. The summed E-state index contributed by atoms with van der Waals surface area (Å²) in [5, 5.41) is 8.74. The van der Waals surface area contributed by atoms with E-state index in [1.807, 2.05) is 27.7 Å². The molecular formula is C13H26N2O3. The second-order valence-electron chi connectivity index (χ2n) is 5.64. The van der Waals surface area contributed by atoms with Gasteiger partial charge in [-0.2, -0.15) is 0 Å². The molecule has 0 fully saturated rings. The molecule has 0 aromatic carbocycles. The van der Waals surface area contributed by atoms with Gasteiger partial charge in [0.05, 0.1) is 6.42 Å². The Morgan fingerprint density at radius 3 is 2.28 bits per heavy atom. The molecule has 0 radical (unpaired) electrons. The van der Waals surface area contributed by atoms with Crippen LogP contribution in [0.4, 0.5) is 0 Å². The van der Waals surface area contributed by atoms with Gasteiger partial charge in [-0.15, -0.1) is 0 Å². The molecular weight excluding hydrogens is 232 g/mol. The van der Waals surface area contributed by atoms with Crippen molar-refractivity contribution in [3.05, 3.63) is 0 Å². The van der Waals surface area contributed by atoms with E-state index in [2.05, 4.69) is 0 Å². The Bertz CT molecular complexity index is 284. The number of hydrogen-bond acceptors (Lipinski definition) is 3. The van der Waals surface area contributed by atoms with E-state index >= 15 is 0 Å². The van der Waals surface area contributed by atoms with E-state index in [4.69, 9.17) is 10.8 Å². The fourth-order valence-electron chi connectivity index (χ4n) is 1.80. The minimum absolute atomic E-state index is 0.0113. The lowest BCUT2D eigenvalue weighted by molar-refractivity contribution is -0.143. The van der Waals surface area contributed by atoms with Crippen LogP contribution in [0.5, 0.6) is 0 Å². The minimum Gasteiger partial charge on any atom is -0.481 e. The van der Waals surface area contributed by atoms with Gasteiger partial charge in [-0.25, -0.2) is 0 Å². The molecule has 0 spiro atoms. The van der Waals surface area contributed by atoms with Crippen LogP contribution in [0, 0.1) is 5.92 Å². The monoisotopic (exact) mass is 258 g/mol. The van der Waals surface area contributed by atoms with Crippen molar-refractivity contribution >= 4 is 11.9 Å². The highest BCUT2D eigenvalue weighted by Crippen LogP contribution is 2.19. The Hall–Kier alpha value is -1.10. The Kier molecular flexibility index (Phi) is 6.91. The predicted molar refractivity (Wildman–Crippen MR) is 71.2 cm³/mol. The molecule has 5 heteroatoms. The van der Waals surface area contributed by atoms with Gasteiger partial charge in [0.2, 0.25) is 5.91 Å². The molecule has 0 bridgehead atoms. The van der Waals surface area contributed by atoms with E-state index in [1.165, 1.54) is 0 Å². The van der Waals surface area contributed by atoms with Crippen LogP contribution in [0.25, 0.3) is 0 Å². The third kappa shape index (κ3) is 6.00. The fourth-order valence-corrected chi connectivity index (χ4v) is 1.80. The van der Waals surface area contributed by atoms with Gasteiger partial charge < -0.3 is 15.7 Å². The maximum atomic E-state index is 12.3. The smallest absolute Gasteiger partial charge is 0.305 e. The van der Waals surface area contributed by atoms with Crippen molar-refractivity contribution in [1.29, 1.82) is 0 Å². The average molecular weight is 258 g/mol. The topological polar surface area (TPSA) is 83.6 Å². The van der Waals surface area contributed by atoms with E-state index < -0.39 is 5.97 Å². The average Bonchev–Trinajstić information content (AvgIpc) is 2.23. The lowest BCUT2D eigenvalue weighted by Crippen LogP contribution is -2.48. The largest absolute Gasteiger partial charge is 0.481 e. The number of carbonyl (C=O) groups is 2. The number of carbonyl (C=O) groups excluding carboxylic acids is 1. The SMILES string of the molecule is CC(CCCN)C(=O)N(CCC(=O)O)C(C)(C)C. The molecule has 0 aliphatic rings. The number of hydrogen-bond donors (Lipinski definition) is 2. The summed E-state index contributed by atoms with van der Waals surface area (Å²) in [6, 6.07) is 0. The van der Waals surface area contributed by atoms with E-state index in [0.29, 0.717) is 6.54 Å². The van der Waals surface area contributed by atoms with Gasteiger partial charge in [0.1, 0.15) is 0 Å². The number of carboxylic acid groups (broad SMARTS) is 1. The number of carboxylic acids is 1. The van der Waals surface area contributed by atoms with Gasteiger partial charge in [0.15, 0.2) is 0 Å². The zero-order valence-electron chi connectivity index (χ0n) is 11.9. The summed E-state index contributed by atoms with van der Waals surface area (Å²) < 4.78 is 0. The van der Waals surface area contributed by atoms with Gasteiger partial charge in [0.25, 0.3) is 0 Å². The van der Waals surface area contributed by atoms with Crippen LogP contribution in [0.15, 0.2) is 0 Å². The normalized spacial score (nSPS) is 13.2. The van der Waals surface area contributed by atoms with Crippen molar-refractivity contribution in [1.82, 2.24) is 4.90 Å². The molecule has 0 aliphatic carbocycles. The molecule has 0 heterocycles. The van der Waals surface area contributed by atoms with Crippen molar-refractivity contribution in [3.63, 3.8) is 0 Å². The molecule has 5 nitrogen and oxygen atoms in total. The quantitative estimate of drug-likeness (QED) is 0.724. The zero-order valence-corrected chi connectivity index (χ0v) is 11.9. The summed E-state index contributed by atoms with van der Waals surface area (Å²) in [6.07, 6.45) is 1.53. The summed E-state index contributed by atoms with van der Waals surface area (Å²) in [6.45, 7) is 8.46. The third-order valence-corrected chi connectivity index (χ3v) is 2.89. The van der Waals surface area contributed by atoms with Crippen LogP contribution in [0.1, 0.15) is 47.0 Å². The van der Waals surface area contributed by atoms with E-state index in [-0.39, 0.29) is 30.3 Å². The Labute approximate surface area is 109 Å². The second kappa shape index (κ2) is 7.36. The van der Waals surface area contributed by atoms with Gasteiger partial charge >= 0.3 is 5.97 Å². The fraction of sp³-hybridized carbons (Fsp3) is 0.846. The molecule has 18 heavy (non-hydrogen) atoms. The number of nitrogens with zero attached hydrogens (tertiary/aromatic N) is 1. The van der Waals surface area contributed by atoms with Crippen molar-refractivity contribution in [2.45, 2.75) is 52.5 Å². The maximum absolute atomic E-state index is 12.3. The first kappa shape index (κ1) is 16.9. The summed E-state index contributed by atoms with van der Waals surface area (Å²) >= 11 is 0. The standard InChI is InChI=1S/C13H26N2O3/c1-10(6-5-8-14)12(18)15(13(2,3)4)9-7-11(16)17/h10H,5-9,14H2,1-4H3,(H,16,17). The summed E-state index contributed by atoms with van der Waals surface area (Å²) in [4.78, 5) is 24.6. The van der Waals surface area contributed by atoms with E-state index in [1.54, 1.807) is 4.90 Å². The Morgan fingerprint density at radius 1 is 1.33 bits per heavy atom. The maximum Gasteiger partial charge on any atom is 0.305 e. The van der Waals surface area contributed by atoms with Crippen molar-refractivity contribution in [3.8, 4) is 0 Å². The molecule has 106 valence electrons. The van der Waals surface area contributed by atoms with Crippen LogP contribution in [-0.4, -0.2) is 40.5 Å². The molecule has 0 rings (SSSR count). The highest BCUT2D eigenvalue weighted by molar-refractivity contribution is 5.79. The third-order valence-electron chi connectivity index (χ3n) is 2.89. The summed E-state index contributed by atoms with van der Waals surface area (Å²) in [5.74, 6) is -0.981. The first-order valence-corrected chi connectivity index (χ1v) is 6.43. The van der Waals surface area contributed by atoms with Crippen LogP contribution >= 0.6 is 0 Å². The zero-order chi connectivity index (χ0) is 14.3. The first-order valence-electron chi connectivity index (χ1n) is 6.43. The molecule has 1 atom stereocenters. The molecule has 0 aromatic rings. The van der Waals surface area contributed by atoms with Crippen LogP contribution in [0.3, 0.4) is 0 Å². The van der Waals surface area contributed by atoms with Gasteiger partial charge in [-0.1, -0.05) is 6.92 Å². The highest BCUT2D eigenvalue weighted by Gasteiger charge is 2.29. The predicted octanol–water partition coefficient (Wildman–Crippen LogP) is 1.46. The van der Waals surface area contributed by atoms with E-state index in [0.717, 1.165) is 12.8 Å². The summed E-state index contributed by atoms with van der Waals surface area (Å²) in [7, 11) is 0. The van der Waals surface area contributed by atoms with Gasteiger partial charge in [-0.3, -0.25) is 9.59 Å². The molecule has 3 N–H and O–H groups in total. The lowest BCUT2D eigenvalue weighted by Gasteiger charge is -2.37. The first-order chi connectivity index (χ1) is 8.20. The number of nitrogens with two attached hydrogens (primary N) is 1. The molecule has 0 aromatic heterocycles. The molecule has 1 amide bonds. The van der Waals surface area contributed by atoms with Crippen LogP contribution in [-0.2, 0) is 9.59 Å². The van der Waals surface area contributed by atoms with Crippen molar-refractivity contribution in [2.75, 3.05) is 13.1 Å². The van der Waals surface area contributed by atoms with Gasteiger partial charge in [0, 0.05) is 18.0 Å². The number of amides is 1. The molecule has 0 saturated carbocycles. The molecule has 0 saturated heterocycles. The Balaban J connectivity index is 4.64. The molecule has 1 unspecified atom stereocenters. The highest BCUT2D eigenvalue weighted by atomic mass is 16.4. The summed E-state index contributed by atoms with van der Waals surface area (Å²) in [5.41, 5.74) is 5.08. The van der Waals surface area contributed by atoms with Crippen molar-refractivity contribution in [2.24, 2.45) is 11.7 Å². The number of aliphatic carboxylic acids is 1. The molecule has 0 aliphatic heterocycles. The Morgan fingerprint density at radius 2 is 1.89 bits per heavy atom. The lowest BCUT2D eigenvalue weighted by atomic mass is 9.98. The van der Waals surface area contributed by atoms with Gasteiger partial charge in [-0.05, 0) is 40.2 Å². The minimum atomic E-state index is -0.883. The van der Waals surface area contributed by atoms with Crippen LogP contribution in [0.2, 0.25) is 0 Å². The van der Waals surface area contributed by atoms with Crippen LogP contribution < -0.4 is 5.73 Å². The van der Waals surface area contributed by atoms with Crippen molar-refractivity contribution < 1.29 is 14.7 Å².